The molecule has 0 saturated heterocycles. The molecule has 76 valence electrons. The van der Waals surface area contributed by atoms with Crippen LogP contribution in [0.5, 0.6) is 0 Å². The second-order valence-corrected chi connectivity index (χ2v) is 4.23. The molecule has 2 N–H and O–H groups in total. The van der Waals surface area contributed by atoms with Gasteiger partial charge in [0.25, 0.3) is 0 Å². The third kappa shape index (κ3) is 3.10. The van der Waals surface area contributed by atoms with E-state index in [1.165, 1.54) is 11.3 Å². The molecule has 0 spiro atoms. The molecule has 6 heteroatoms. The van der Waals surface area contributed by atoms with Gasteiger partial charge in [-0.3, -0.25) is 9.59 Å². The van der Waals surface area contributed by atoms with Crippen LogP contribution >= 0.6 is 22.9 Å². The van der Waals surface area contributed by atoms with E-state index < -0.39 is 5.97 Å². The number of thiophene rings is 1. The quantitative estimate of drug-likeness (QED) is 0.636. The highest BCUT2D eigenvalue weighted by atomic mass is 35.5. The van der Waals surface area contributed by atoms with Gasteiger partial charge in [-0.1, -0.05) is 11.6 Å². The first-order valence-electron chi connectivity index (χ1n) is 3.81. The van der Waals surface area contributed by atoms with Gasteiger partial charge in [0.1, 0.15) is 0 Å². The van der Waals surface area contributed by atoms with E-state index in [9.17, 15) is 9.59 Å². The van der Waals surface area contributed by atoms with Crippen molar-refractivity contribution >= 4 is 34.7 Å². The molecule has 1 aromatic rings. The van der Waals surface area contributed by atoms with E-state index >= 15 is 0 Å². The number of halogens is 1. The standard InChI is InChI=1S/C8H8ClNO3S/c9-7-3-2-6(14-7)5(11)1-4-8(12)13-10/h2-3H,1,4,10H2. The lowest BCUT2D eigenvalue weighted by atomic mass is 10.2. The second-order valence-electron chi connectivity index (χ2n) is 2.52. The number of carbonyl (C=O) groups excluding carboxylic acids is 2. The zero-order valence-corrected chi connectivity index (χ0v) is 8.73. The molecular formula is C8H8ClNO3S. The molecule has 0 fully saturated rings. The number of carbonyl (C=O) groups is 2. The Balaban J connectivity index is 2.47. The predicted octanol–water partition coefficient (Wildman–Crippen LogP) is 1.78. The van der Waals surface area contributed by atoms with Crippen molar-refractivity contribution in [2.45, 2.75) is 12.8 Å². The number of Topliss-reactive ketones (excluding diaryl/α,β-unsaturated/α-hetero) is 1. The van der Waals surface area contributed by atoms with Crippen LogP contribution in [0, 0.1) is 0 Å². The fourth-order valence-corrected chi connectivity index (χ4v) is 1.87. The smallest absolute Gasteiger partial charge is 0.324 e. The van der Waals surface area contributed by atoms with E-state index in [1.807, 2.05) is 0 Å². The van der Waals surface area contributed by atoms with Crippen LogP contribution in [-0.4, -0.2) is 11.8 Å². The van der Waals surface area contributed by atoms with Gasteiger partial charge in [-0.05, 0) is 12.1 Å². The molecule has 0 aliphatic heterocycles. The van der Waals surface area contributed by atoms with E-state index in [2.05, 4.69) is 10.7 Å². The maximum Gasteiger partial charge on any atom is 0.324 e. The molecule has 0 aliphatic rings. The third-order valence-electron chi connectivity index (χ3n) is 1.54. The number of rotatable bonds is 4. The number of hydrogen-bond donors (Lipinski definition) is 1. The van der Waals surface area contributed by atoms with Gasteiger partial charge < -0.3 is 4.84 Å². The van der Waals surface area contributed by atoms with Crippen LogP contribution in [0.2, 0.25) is 4.34 Å². The fraction of sp³-hybridized carbons (Fsp3) is 0.250. The number of ketones is 1. The molecule has 1 rings (SSSR count). The molecule has 0 radical (unpaired) electrons. The monoisotopic (exact) mass is 233 g/mol. The minimum atomic E-state index is -0.596. The molecule has 0 atom stereocenters. The van der Waals surface area contributed by atoms with Gasteiger partial charge in [-0.25, -0.2) is 0 Å². The summed E-state index contributed by atoms with van der Waals surface area (Å²) in [6.45, 7) is 0. The summed E-state index contributed by atoms with van der Waals surface area (Å²) in [6.07, 6.45) is 0.0811. The molecule has 0 amide bonds. The molecule has 0 unspecified atom stereocenters. The van der Waals surface area contributed by atoms with Crippen molar-refractivity contribution in [2.24, 2.45) is 5.90 Å². The van der Waals surface area contributed by atoms with E-state index in [0.29, 0.717) is 9.21 Å². The van der Waals surface area contributed by atoms with E-state index in [1.54, 1.807) is 12.1 Å². The molecule has 1 heterocycles. The Morgan fingerprint density at radius 1 is 1.43 bits per heavy atom. The molecule has 0 aliphatic carbocycles. The second kappa shape index (κ2) is 5.09. The Kier molecular flexibility index (Phi) is 4.06. The predicted molar refractivity (Wildman–Crippen MR) is 53.2 cm³/mol. The topological polar surface area (TPSA) is 69.4 Å². The lowest BCUT2D eigenvalue weighted by molar-refractivity contribution is -0.144. The highest BCUT2D eigenvalue weighted by Crippen LogP contribution is 2.22. The summed E-state index contributed by atoms with van der Waals surface area (Å²) < 4.78 is 0.551. The molecule has 1 aromatic heterocycles. The van der Waals surface area contributed by atoms with Crippen LogP contribution in [0.25, 0.3) is 0 Å². The van der Waals surface area contributed by atoms with Gasteiger partial charge in [-0.15, -0.1) is 11.3 Å². The van der Waals surface area contributed by atoms with Crippen molar-refractivity contribution in [3.8, 4) is 0 Å². The molecule has 0 aromatic carbocycles. The van der Waals surface area contributed by atoms with E-state index in [-0.39, 0.29) is 18.6 Å². The Labute approximate surface area is 89.6 Å². The van der Waals surface area contributed by atoms with Crippen molar-refractivity contribution in [1.29, 1.82) is 0 Å². The van der Waals surface area contributed by atoms with Crippen molar-refractivity contribution in [3.63, 3.8) is 0 Å². The van der Waals surface area contributed by atoms with Crippen molar-refractivity contribution in [3.05, 3.63) is 21.3 Å². The zero-order chi connectivity index (χ0) is 10.6. The summed E-state index contributed by atoms with van der Waals surface area (Å²) in [6, 6.07) is 3.27. The summed E-state index contributed by atoms with van der Waals surface area (Å²) in [4.78, 5) is 26.5. The van der Waals surface area contributed by atoms with Gasteiger partial charge in [0.05, 0.1) is 15.6 Å². The van der Waals surface area contributed by atoms with Crippen LogP contribution < -0.4 is 5.90 Å². The first-order valence-corrected chi connectivity index (χ1v) is 5.01. The summed E-state index contributed by atoms with van der Waals surface area (Å²) in [5.41, 5.74) is 0. The lowest BCUT2D eigenvalue weighted by Crippen LogP contribution is -2.11. The van der Waals surface area contributed by atoms with Crippen molar-refractivity contribution < 1.29 is 14.4 Å². The Morgan fingerprint density at radius 3 is 2.64 bits per heavy atom. The summed E-state index contributed by atoms with van der Waals surface area (Å²) >= 11 is 6.84. The normalized spacial score (nSPS) is 9.86. The van der Waals surface area contributed by atoms with Gasteiger partial charge in [0, 0.05) is 6.42 Å². The third-order valence-corrected chi connectivity index (χ3v) is 2.81. The van der Waals surface area contributed by atoms with Gasteiger partial charge >= 0.3 is 5.97 Å². The summed E-state index contributed by atoms with van der Waals surface area (Å²) in [5, 5.41) is 0. The van der Waals surface area contributed by atoms with E-state index in [4.69, 9.17) is 11.6 Å². The van der Waals surface area contributed by atoms with Crippen LogP contribution in [0.15, 0.2) is 12.1 Å². The molecule has 4 nitrogen and oxygen atoms in total. The van der Waals surface area contributed by atoms with Gasteiger partial charge in [0.2, 0.25) is 0 Å². The Morgan fingerprint density at radius 2 is 2.14 bits per heavy atom. The average molecular weight is 234 g/mol. The van der Waals surface area contributed by atoms with Crippen molar-refractivity contribution in [1.82, 2.24) is 0 Å². The average Bonchev–Trinajstić information content (AvgIpc) is 2.60. The zero-order valence-electron chi connectivity index (χ0n) is 7.16. The van der Waals surface area contributed by atoms with Crippen LogP contribution in [-0.2, 0) is 9.63 Å². The highest BCUT2D eigenvalue weighted by Gasteiger charge is 2.11. The first-order chi connectivity index (χ1) is 6.63. The fourth-order valence-electron chi connectivity index (χ4n) is 0.862. The molecular weight excluding hydrogens is 226 g/mol. The van der Waals surface area contributed by atoms with Gasteiger partial charge in [-0.2, -0.15) is 5.90 Å². The maximum absolute atomic E-state index is 11.4. The maximum atomic E-state index is 11.4. The largest absolute Gasteiger partial charge is 0.373 e. The molecule has 14 heavy (non-hydrogen) atoms. The van der Waals surface area contributed by atoms with Gasteiger partial charge in [0.15, 0.2) is 5.78 Å². The Hall–Kier alpha value is -0.910. The minimum Gasteiger partial charge on any atom is -0.373 e. The Bertz CT molecular complexity index is 350. The van der Waals surface area contributed by atoms with Crippen LogP contribution in [0.3, 0.4) is 0 Å². The summed E-state index contributed by atoms with van der Waals surface area (Å²) in [5.74, 6) is 3.89. The number of hydrogen-bond acceptors (Lipinski definition) is 5. The van der Waals surface area contributed by atoms with E-state index in [0.717, 1.165) is 0 Å². The SMILES string of the molecule is NOC(=O)CCC(=O)c1ccc(Cl)s1. The summed E-state index contributed by atoms with van der Waals surface area (Å²) in [7, 11) is 0. The first kappa shape index (κ1) is 11.2. The number of nitrogens with two attached hydrogens (primary N) is 1. The van der Waals surface area contributed by atoms with Crippen LogP contribution in [0.1, 0.15) is 22.5 Å². The minimum absolute atomic E-state index is 0.00908. The van der Waals surface area contributed by atoms with Crippen molar-refractivity contribution in [2.75, 3.05) is 0 Å². The molecule has 0 saturated carbocycles. The van der Waals surface area contributed by atoms with Crippen LogP contribution in [0.4, 0.5) is 0 Å². The molecule has 0 bridgehead atoms. The highest BCUT2D eigenvalue weighted by molar-refractivity contribution is 7.18. The lowest BCUT2D eigenvalue weighted by Gasteiger charge is -1.96.